The van der Waals surface area contributed by atoms with Crippen molar-refractivity contribution >= 4 is 17.6 Å². The molecule has 220 valence electrons. The number of anilines is 1. The topological polar surface area (TPSA) is 64.7 Å². The van der Waals surface area contributed by atoms with Gasteiger partial charge in [0.25, 0.3) is 0 Å². The fourth-order valence-electron chi connectivity index (χ4n) is 8.50. The van der Waals surface area contributed by atoms with Crippen molar-refractivity contribution in [2.24, 2.45) is 17.8 Å². The number of benzene rings is 2. The first kappa shape index (κ1) is 27.3. The molecule has 2 N–H and O–H groups in total. The van der Waals surface area contributed by atoms with E-state index in [-0.39, 0.29) is 29.9 Å². The molecule has 2 aromatic rings. The summed E-state index contributed by atoms with van der Waals surface area (Å²) in [5.41, 5.74) is 3.79. The molecule has 2 aromatic carbocycles. The standard InChI is InChI=1S/C36H44N4O2/c41-35(40-24-21-30-33(27-13-5-2-6-14-27)37-31-17-9-7-15-28(31)34(30)40)29-16-8-10-18-32(29)38-36(42)39-22-19-26(20-23-39)25-11-3-1-4-12-25/h1-7,9,11-13,15,17,26-27,29-30,32-34,37H,8,10,14,16,18-24H2,(H,38,42)/t27?,29-,30+,32+,33-,34-/m0/s1. The molecule has 1 saturated carbocycles. The molecular formula is C36H44N4O2. The fraction of sp³-hybridized carbons (Fsp3) is 0.500. The van der Waals surface area contributed by atoms with Crippen LogP contribution in [0.5, 0.6) is 0 Å². The number of allylic oxidation sites excluding steroid dienone is 3. The van der Waals surface area contributed by atoms with Crippen LogP contribution in [0.4, 0.5) is 10.5 Å². The molecule has 6 heteroatoms. The Bertz CT molecular complexity index is 1330. The van der Waals surface area contributed by atoms with Crippen LogP contribution in [0.15, 0.2) is 78.9 Å². The van der Waals surface area contributed by atoms with Crippen LogP contribution < -0.4 is 10.6 Å². The average molecular weight is 565 g/mol. The van der Waals surface area contributed by atoms with Gasteiger partial charge in [0.05, 0.1) is 12.0 Å². The smallest absolute Gasteiger partial charge is 0.317 e. The minimum absolute atomic E-state index is 0.00919. The van der Waals surface area contributed by atoms with Gasteiger partial charge < -0.3 is 20.4 Å². The number of hydrogen-bond acceptors (Lipinski definition) is 3. The molecule has 0 bridgehead atoms. The van der Waals surface area contributed by atoms with Crippen molar-refractivity contribution in [3.05, 3.63) is 90.0 Å². The van der Waals surface area contributed by atoms with Crippen LogP contribution in [0, 0.1) is 17.8 Å². The molecule has 1 unspecified atom stereocenters. The minimum Gasteiger partial charge on any atom is -0.381 e. The van der Waals surface area contributed by atoms with E-state index >= 15 is 0 Å². The van der Waals surface area contributed by atoms with Crippen molar-refractivity contribution in [3.63, 3.8) is 0 Å². The number of hydrogen-bond donors (Lipinski definition) is 2. The van der Waals surface area contributed by atoms with Gasteiger partial charge in [-0.05, 0) is 61.6 Å². The highest BCUT2D eigenvalue weighted by atomic mass is 16.2. The van der Waals surface area contributed by atoms with E-state index in [1.54, 1.807) is 0 Å². The first-order valence-corrected chi connectivity index (χ1v) is 16.3. The number of para-hydroxylation sites is 1. The number of carbonyl (C=O) groups excluding carboxylic acids is 2. The summed E-state index contributed by atoms with van der Waals surface area (Å²) in [6.45, 7) is 2.32. The maximum absolute atomic E-state index is 14.4. The maximum Gasteiger partial charge on any atom is 0.317 e. The lowest BCUT2D eigenvalue weighted by Gasteiger charge is -2.44. The second-order valence-electron chi connectivity index (χ2n) is 13.0. The van der Waals surface area contributed by atoms with Crippen molar-refractivity contribution in [2.75, 3.05) is 25.0 Å². The van der Waals surface area contributed by atoms with E-state index in [0.29, 0.717) is 23.8 Å². The molecule has 3 heterocycles. The third kappa shape index (κ3) is 5.25. The number of rotatable bonds is 4. The number of nitrogens with zero attached hydrogens (tertiary/aromatic N) is 2. The molecule has 42 heavy (non-hydrogen) atoms. The second kappa shape index (κ2) is 12.0. The Kier molecular flexibility index (Phi) is 7.79. The summed E-state index contributed by atoms with van der Waals surface area (Å²) >= 11 is 0. The number of nitrogens with one attached hydrogen (secondary N) is 2. The highest BCUT2D eigenvalue weighted by molar-refractivity contribution is 5.83. The average Bonchev–Trinajstić information content (AvgIpc) is 3.51. The SMILES string of the molecule is O=C(N[C@@H]1CCCC[C@@H]1C(=O)N1CC[C@@H]2[C@H](C3C=CC=CC3)Nc3ccccc3[C@@H]21)N1CCC(c2ccccc2)CC1. The molecule has 3 aliphatic heterocycles. The Morgan fingerprint density at radius 1 is 0.833 bits per heavy atom. The lowest BCUT2D eigenvalue weighted by Crippen LogP contribution is -2.54. The van der Waals surface area contributed by atoms with Crippen molar-refractivity contribution < 1.29 is 9.59 Å². The van der Waals surface area contributed by atoms with E-state index < -0.39 is 0 Å². The quantitative estimate of drug-likeness (QED) is 0.437. The number of likely N-dealkylation sites (tertiary alicyclic amines) is 2. The summed E-state index contributed by atoms with van der Waals surface area (Å²) in [6.07, 6.45) is 16.8. The van der Waals surface area contributed by atoms with E-state index in [9.17, 15) is 9.59 Å². The van der Waals surface area contributed by atoms with Crippen LogP contribution in [-0.2, 0) is 4.79 Å². The minimum atomic E-state index is -0.152. The van der Waals surface area contributed by atoms with E-state index in [0.717, 1.165) is 71.0 Å². The molecule has 0 aromatic heterocycles. The van der Waals surface area contributed by atoms with Crippen LogP contribution in [0.25, 0.3) is 0 Å². The Morgan fingerprint density at radius 2 is 1.62 bits per heavy atom. The lowest BCUT2D eigenvalue weighted by molar-refractivity contribution is -0.139. The molecule has 7 rings (SSSR count). The van der Waals surface area contributed by atoms with E-state index in [2.05, 4.69) is 94.4 Å². The van der Waals surface area contributed by atoms with Crippen molar-refractivity contribution in [2.45, 2.75) is 75.4 Å². The van der Waals surface area contributed by atoms with Gasteiger partial charge in [-0.25, -0.2) is 4.79 Å². The number of urea groups is 1. The predicted octanol–water partition coefficient (Wildman–Crippen LogP) is 6.65. The molecule has 5 aliphatic rings. The van der Waals surface area contributed by atoms with Gasteiger partial charge in [-0.1, -0.05) is 85.7 Å². The zero-order chi connectivity index (χ0) is 28.5. The Hall–Kier alpha value is -3.54. The Morgan fingerprint density at radius 3 is 2.43 bits per heavy atom. The van der Waals surface area contributed by atoms with Crippen LogP contribution >= 0.6 is 0 Å². The van der Waals surface area contributed by atoms with Gasteiger partial charge in [-0.15, -0.1) is 0 Å². The summed E-state index contributed by atoms with van der Waals surface area (Å²) in [7, 11) is 0. The zero-order valence-corrected chi connectivity index (χ0v) is 24.5. The van der Waals surface area contributed by atoms with Gasteiger partial charge in [0.15, 0.2) is 0 Å². The Balaban J connectivity index is 1.05. The van der Waals surface area contributed by atoms with Gasteiger partial charge in [-0.3, -0.25) is 4.79 Å². The third-order valence-corrected chi connectivity index (χ3v) is 10.7. The summed E-state index contributed by atoms with van der Waals surface area (Å²) in [5.74, 6) is 1.41. The molecule has 3 fully saturated rings. The number of piperidine rings is 1. The maximum atomic E-state index is 14.4. The molecule has 0 radical (unpaired) electrons. The van der Waals surface area contributed by atoms with Crippen LogP contribution in [-0.4, -0.2) is 53.5 Å². The first-order chi connectivity index (χ1) is 20.7. The van der Waals surface area contributed by atoms with Crippen LogP contribution in [0.2, 0.25) is 0 Å². The molecule has 0 spiro atoms. The van der Waals surface area contributed by atoms with Gasteiger partial charge in [0.2, 0.25) is 5.91 Å². The van der Waals surface area contributed by atoms with Gasteiger partial charge >= 0.3 is 6.03 Å². The van der Waals surface area contributed by atoms with Crippen molar-refractivity contribution in [3.8, 4) is 0 Å². The molecule has 6 atom stereocenters. The third-order valence-electron chi connectivity index (χ3n) is 10.7. The fourth-order valence-corrected chi connectivity index (χ4v) is 8.50. The van der Waals surface area contributed by atoms with Crippen molar-refractivity contribution in [1.82, 2.24) is 15.1 Å². The Labute approximate surface area is 250 Å². The molecule has 2 aliphatic carbocycles. The molecule has 3 amide bonds. The van der Waals surface area contributed by atoms with Gasteiger partial charge in [0.1, 0.15) is 0 Å². The zero-order valence-electron chi connectivity index (χ0n) is 24.5. The van der Waals surface area contributed by atoms with Crippen LogP contribution in [0.1, 0.15) is 74.5 Å². The lowest BCUT2D eigenvalue weighted by atomic mass is 9.75. The molecule has 2 saturated heterocycles. The first-order valence-electron chi connectivity index (χ1n) is 16.3. The second-order valence-corrected chi connectivity index (χ2v) is 13.0. The summed E-state index contributed by atoms with van der Waals surface area (Å²) < 4.78 is 0. The predicted molar refractivity (Wildman–Crippen MR) is 167 cm³/mol. The number of amides is 3. The van der Waals surface area contributed by atoms with Crippen molar-refractivity contribution in [1.29, 1.82) is 0 Å². The van der Waals surface area contributed by atoms with E-state index in [4.69, 9.17) is 0 Å². The summed E-state index contributed by atoms with van der Waals surface area (Å²) in [6, 6.07) is 19.6. The monoisotopic (exact) mass is 564 g/mol. The van der Waals surface area contributed by atoms with Gasteiger partial charge in [-0.2, -0.15) is 0 Å². The van der Waals surface area contributed by atoms with E-state index in [1.807, 2.05) is 4.90 Å². The largest absolute Gasteiger partial charge is 0.381 e. The van der Waals surface area contributed by atoms with E-state index in [1.165, 1.54) is 16.8 Å². The molecule has 6 nitrogen and oxygen atoms in total. The highest BCUT2D eigenvalue weighted by Gasteiger charge is 2.49. The molecular weight excluding hydrogens is 520 g/mol. The normalized spacial score (nSPS) is 30.8. The highest BCUT2D eigenvalue weighted by Crippen LogP contribution is 2.49. The number of fused-ring (bicyclic) bond motifs is 3. The number of carbonyl (C=O) groups is 2. The summed E-state index contributed by atoms with van der Waals surface area (Å²) in [5, 5.41) is 7.24. The summed E-state index contributed by atoms with van der Waals surface area (Å²) in [4.78, 5) is 32.1. The van der Waals surface area contributed by atoms with Gasteiger partial charge in [0, 0.05) is 49.2 Å². The van der Waals surface area contributed by atoms with Crippen LogP contribution in [0.3, 0.4) is 0 Å².